The molecule has 1 aliphatic heterocycles. The fourth-order valence-corrected chi connectivity index (χ4v) is 1.99. The summed E-state index contributed by atoms with van der Waals surface area (Å²) in [6, 6.07) is 3.81. The monoisotopic (exact) mass is 300 g/mol. The Labute approximate surface area is 110 Å². The number of hydrogen-bond donors (Lipinski definition) is 0. The van der Waals surface area contributed by atoms with Crippen LogP contribution in [0.25, 0.3) is 0 Å². The van der Waals surface area contributed by atoms with Crippen LogP contribution in [0.1, 0.15) is 6.42 Å². The van der Waals surface area contributed by atoms with Crippen molar-refractivity contribution in [1.82, 2.24) is 9.88 Å². The molecule has 1 aliphatic rings. The third-order valence-corrected chi connectivity index (χ3v) is 3.16. The molecule has 0 aromatic carbocycles. The Morgan fingerprint density at radius 1 is 1.35 bits per heavy atom. The van der Waals surface area contributed by atoms with Crippen molar-refractivity contribution in [3.8, 4) is 5.75 Å². The van der Waals surface area contributed by atoms with Crippen molar-refractivity contribution < 1.29 is 9.47 Å². The van der Waals surface area contributed by atoms with Gasteiger partial charge in [-0.25, -0.2) is 4.98 Å². The molecule has 17 heavy (non-hydrogen) atoms. The van der Waals surface area contributed by atoms with E-state index in [9.17, 15) is 0 Å². The van der Waals surface area contributed by atoms with Crippen LogP contribution < -0.4 is 4.74 Å². The maximum atomic E-state index is 5.61. The van der Waals surface area contributed by atoms with E-state index in [0.717, 1.165) is 56.2 Å². The lowest BCUT2D eigenvalue weighted by Crippen LogP contribution is -2.37. The van der Waals surface area contributed by atoms with Crippen molar-refractivity contribution in [2.75, 3.05) is 39.5 Å². The van der Waals surface area contributed by atoms with Gasteiger partial charge in [-0.05, 0) is 34.5 Å². The molecule has 0 bridgehead atoms. The van der Waals surface area contributed by atoms with Gasteiger partial charge < -0.3 is 9.47 Å². The first-order valence-corrected chi connectivity index (χ1v) is 6.68. The summed E-state index contributed by atoms with van der Waals surface area (Å²) < 4.78 is 11.7. The van der Waals surface area contributed by atoms with Gasteiger partial charge in [-0.3, -0.25) is 4.90 Å². The van der Waals surface area contributed by atoms with E-state index < -0.39 is 0 Å². The van der Waals surface area contributed by atoms with Gasteiger partial charge in [-0.1, -0.05) is 0 Å². The molecule has 5 heteroatoms. The van der Waals surface area contributed by atoms with E-state index >= 15 is 0 Å². The first kappa shape index (κ1) is 12.8. The summed E-state index contributed by atoms with van der Waals surface area (Å²) in [6.07, 6.45) is 2.77. The minimum Gasteiger partial charge on any atom is -0.492 e. The van der Waals surface area contributed by atoms with Gasteiger partial charge in [0, 0.05) is 19.6 Å². The van der Waals surface area contributed by atoms with Gasteiger partial charge in [-0.15, -0.1) is 0 Å². The fourth-order valence-electron chi connectivity index (χ4n) is 1.75. The molecule has 94 valence electrons. The lowest BCUT2D eigenvalue weighted by molar-refractivity contribution is 0.0358. The maximum absolute atomic E-state index is 5.61. The highest BCUT2D eigenvalue weighted by atomic mass is 79.9. The molecule has 0 amide bonds. The van der Waals surface area contributed by atoms with Crippen molar-refractivity contribution in [3.05, 3.63) is 22.9 Å². The third kappa shape index (κ3) is 4.61. The molecule has 0 aliphatic carbocycles. The van der Waals surface area contributed by atoms with Crippen molar-refractivity contribution >= 4 is 15.9 Å². The molecule has 1 aromatic heterocycles. The van der Waals surface area contributed by atoms with E-state index in [1.165, 1.54) is 0 Å². The Bertz CT molecular complexity index is 326. The zero-order valence-corrected chi connectivity index (χ0v) is 11.4. The predicted molar refractivity (Wildman–Crippen MR) is 69.3 cm³/mol. The number of nitrogens with zero attached hydrogens (tertiary/aromatic N) is 2. The number of aromatic nitrogens is 1. The van der Waals surface area contributed by atoms with Crippen molar-refractivity contribution in [2.24, 2.45) is 0 Å². The van der Waals surface area contributed by atoms with Crippen molar-refractivity contribution in [3.63, 3.8) is 0 Å². The molecule has 0 radical (unpaired) electrons. The summed E-state index contributed by atoms with van der Waals surface area (Å²) in [5.74, 6) is 0.829. The Morgan fingerprint density at radius 3 is 2.88 bits per heavy atom. The normalized spacial score (nSPS) is 17.0. The summed E-state index contributed by atoms with van der Waals surface area (Å²) in [5, 5.41) is 0. The minimum absolute atomic E-state index is 0.737. The highest BCUT2D eigenvalue weighted by molar-refractivity contribution is 9.10. The molecule has 1 aromatic rings. The van der Waals surface area contributed by atoms with Gasteiger partial charge >= 0.3 is 0 Å². The van der Waals surface area contributed by atoms with E-state index in [1.54, 1.807) is 6.20 Å². The summed E-state index contributed by atoms with van der Waals surface area (Å²) >= 11 is 3.29. The Balaban J connectivity index is 1.60. The van der Waals surface area contributed by atoms with E-state index in [0.29, 0.717) is 0 Å². The van der Waals surface area contributed by atoms with Crippen molar-refractivity contribution in [1.29, 1.82) is 0 Å². The van der Waals surface area contributed by atoms with Gasteiger partial charge in [0.1, 0.15) is 10.4 Å². The van der Waals surface area contributed by atoms with E-state index in [1.807, 2.05) is 12.1 Å². The topological polar surface area (TPSA) is 34.6 Å². The van der Waals surface area contributed by atoms with Crippen LogP contribution in [-0.4, -0.2) is 49.3 Å². The number of pyridine rings is 1. The fraction of sp³-hybridized carbons (Fsp3) is 0.583. The van der Waals surface area contributed by atoms with Crippen LogP contribution >= 0.6 is 15.9 Å². The second kappa shape index (κ2) is 6.93. The molecule has 2 rings (SSSR count). The quantitative estimate of drug-likeness (QED) is 0.615. The average Bonchev–Trinajstić information content (AvgIpc) is 2.38. The number of ether oxygens (including phenoxy) is 2. The SMILES string of the molecule is Brc1ccc(OCCCN2CCOCC2)cn1. The smallest absolute Gasteiger partial charge is 0.137 e. The Kier molecular flexibility index (Phi) is 5.22. The van der Waals surface area contributed by atoms with E-state index in [4.69, 9.17) is 9.47 Å². The van der Waals surface area contributed by atoms with Crippen LogP contribution in [0, 0.1) is 0 Å². The second-order valence-electron chi connectivity index (χ2n) is 3.97. The van der Waals surface area contributed by atoms with Crippen LogP contribution in [0.3, 0.4) is 0 Å². The molecular formula is C12H17BrN2O2. The number of halogens is 1. The first-order valence-electron chi connectivity index (χ1n) is 5.89. The number of rotatable bonds is 5. The maximum Gasteiger partial charge on any atom is 0.137 e. The number of morpholine rings is 1. The molecular weight excluding hydrogens is 284 g/mol. The average molecular weight is 301 g/mol. The highest BCUT2D eigenvalue weighted by Crippen LogP contribution is 2.12. The van der Waals surface area contributed by atoms with Crippen LogP contribution in [0.2, 0.25) is 0 Å². The van der Waals surface area contributed by atoms with Crippen molar-refractivity contribution in [2.45, 2.75) is 6.42 Å². The van der Waals surface area contributed by atoms with Gasteiger partial charge in [-0.2, -0.15) is 0 Å². The lowest BCUT2D eigenvalue weighted by Gasteiger charge is -2.26. The van der Waals surface area contributed by atoms with Gasteiger partial charge in [0.25, 0.3) is 0 Å². The Morgan fingerprint density at radius 2 is 2.18 bits per heavy atom. The zero-order valence-electron chi connectivity index (χ0n) is 9.77. The second-order valence-corrected chi connectivity index (χ2v) is 4.79. The van der Waals surface area contributed by atoms with Crippen LogP contribution in [-0.2, 0) is 4.74 Å². The lowest BCUT2D eigenvalue weighted by atomic mass is 10.3. The van der Waals surface area contributed by atoms with Crippen LogP contribution in [0.5, 0.6) is 5.75 Å². The molecule has 0 saturated carbocycles. The van der Waals surface area contributed by atoms with E-state index in [-0.39, 0.29) is 0 Å². The molecule has 4 nitrogen and oxygen atoms in total. The zero-order chi connectivity index (χ0) is 11.9. The standard InChI is InChI=1S/C12H17BrN2O2/c13-12-3-2-11(10-14-12)17-7-1-4-15-5-8-16-9-6-15/h2-3,10H,1,4-9H2. The summed E-state index contributed by atoms with van der Waals surface area (Å²) in [4.78, 5) is 6.52. The largest absolute Gasteiger partial charge is 0.492 e. The molecule has 0 atom stereocenters. The van der Waals surface area contributed by atoms with Gasteiger partial charge in [0.15, 0.2) is 0 Å². The van der Waals surface area contributed by atoms with Crippen LogP contribution in [0.15, 0.2) is 22.9 Å². The summed E-state index contributed by atoms with van der Waals surface area (Å²) in [5.41, 5.74) is 0. The molecule has 1 fully saturated rings. The minimum atomic E-state index is 0.737. The predicted octanol–water partition coefficient (Wildman–Crippen LogP) is 1.95. The Hall–Kier alpha value is -0.650. The summed E-state index contributed by atoms with van der Waals surface area (Å²) in [6.45, 7) is 5.61. The van der Waals surface area contributed by atoms with Gasteiger partial charge in [0.2, 0.25) is 0 Å². The van der Waals surface area contributed by atoms with Gasteiger partial charge in [0.05, 0.1) is 26.0 Å². The molecule has 0 unspecified atom stereocenters. The molecule has 2 heterocycles. The highest BCUT2D eigenvalue weighted by Gasteiger charge is 2.09. The van der Waals surface area contributed by atoms with Crippen LogP contribution in [0.4, 0.5) is 0 Å². The third-order valence-electron chi connectivity index (χ3n) is 2.69. The number of hydrogen-bond acceptors (Lipinski definition) is 4. The molecule has 1 saturated heterocycles. The molecule has 0 spiro atoms. The molecule has 0 N–H and O–H groups in total. The van der Waals surface area contributed by atoms with E-state index in [2.05, 4.69) is 25.8 Å². The first-order chi connectivity index (χ1) is 8.34. The summed E-state index contributed by atoms with van der Waals surface area (Å²) in [7, 11) is 0.